The number of nitrogens with zero attached hydrogens (tertiary/aromatic N) is 1. The van der Waals surface area contributed by atoms with Crippen LogP contribution in [0.3, 0.4) is 0 Å². The van der Waals surface area contributed by atoms with Crippen LogP contribution in [0.1, 0.15) is 12.6 Å². The fraction of sp³-hybridized carbons (Fsp3) is 0.571. The smallest absolute Gasteiger partial charge is 0.239 e. The highest BCUT2D eigenvalue weighted by molar-refractivity contribution is 5.85. The van der Waals surface area contributed by atoms with Gasteiger partial charge in [-0.1, -0.05) is 6.07 Å². The molecule has 1 saturated heterocycles. The number of hydrogen-bond acceptors (Lipinski definition) is 5. The lowest BCUT2D eigenvalue weighted by Crippen LogP contribution is -2.55. The van der Waals surface area contributed by atoms with Gasteiger partial charge in [0.1, 0.15) is 11.9 Å². The first kappa shape index (κ1) is 20.9. The van der Waals surface area contributed by atoms with Crippen molar-refractivity contribution in [2.45, 2.75) is 26.0 Å². The molecule has 22 heavy (non-hydrogen) atoms. The number of amides is 1. The summed E-state index contributed by atoms with van der Waals surface area (Å²) in [7, 11) is 0. The minimum Gasteiger partial charge on any atom is -0.375 e. The van der Waals surface area contributed by atoms with E-state index in [1.54, 1.807) is 0 Å². The Morgan fingerprint density at radius 3 is 2.86 bits per heavy atom. The molecule has 0 spiro atoms. The number of anilines is 1. The van der Waals surface area contributed by atoms with E-state index in [9.17, 15) is 4.79 Å². The molecule has 0 saturated carbocycles. The summed E-state index contributed by atoms with van der Waals surface area (Å²) >= 11 is 0. The Bertz CT molecular complexity index is 462. The molecule has 0 unspecified atom stereocenters. The van der Waals surface area contributed by atoms with Crippen molar-refractivity contribution in [3.63, 3.8) is 0 Å². The number of pyridine rings is 1. The van der Waals surface area contributed by atoms with Crippen LogP contribution < -0.4 is 16.0 Å². The fourth-order valence-electron chi connectivity index (χ4n) is 2.16. The number of aryl methyl sites for hydroxylation is 1. The molecule has 0 aliphatic carbocycles. The van der Waals surface area contributed by atoms with E-state index in [0.29, 0.717) is 26.2 Å². The summed E-state index contributed by atoms with van der Waals surface area (Å²) in [6.07, 6.45) is -0.0878. The molecule has 1 aliphatic heterocycles. The molecule has 8 heteroatoms. The van der Waals surface area contributed by atoms with Crippen LogP contribution in [0.4, 0.5) is 5.82 Å². The number of nitrogens with one attached hydrogen (secondary N) is 3. The molecule has 1 amide bonds. The lowest BCUT2D eigenvalue weighted by molar-refractivity contribution is -0.128. The molecule has 0 bridgehead atoms. The summed E-state index contributed by atoms with van der Waals surface area (Å²) in [5.74, 6) is 0.808. The third-order valence-corrected chi connectivity index (χ3v) is 3.22. The Morgan fingerprint density at radius 2 is 2.18 bits per heavy atom. The molecule has 3 N–H and O–H groups in total. The molecule has 1 aromatic heterocycles. The average molecular weight is 351 g/mol. The quantitative estimate of drug-likeness (QED) is 0.694. The molecule has 2 heterocycles. The van der Waals surface area contributed by atoms with Gasteiger partial charge >= 0.3 is 0 Å². The van der Waals surface area contributed by atoms with E-state index in [1.807, 2.05) is 32.0 Å². The zero-order chi connectivity index (χ0) is 14.4. The molecule has 126 valence electrons. The van der Waals surface area contributed by atoms with Gasteiger partial charge in [0.25, 0.3) is 0 Å². The molecule has 2 rings (SSSR count). The number of aromatic nitrogens is 1. The Hall–Kier alpha value is -1.08. The number of morpholine rings is 1. The first-order chi connectivity index (χ1) is 9.66. The summed E-state index contributed by atoms with van der Waals surface area (Å²) in [5.41, 5.74) is 0.969. The van der Waals surface area contributed by atoms with Gasteiger partial charge in [-0.2, -0.15) is 0 Å². The maximum atomic E-state index is 12.0. The van der Waals surface area contributed by atoms with E-state index in [0.717, 1.165) is 11.5 Å². The maximum Gasteiger partial charge on any atom is 0.239 e. The fourth-order valence-corrected chi connectivity index (χ4v) is 2.16. The highest BCUT2D eigenvalue weighted by atomic mass is 35.5. The van der Waals surface area contributed by atoms with E-state index in [2.05, 4.69) is 20.9 Å². The van der Waals surface area contributed by atoms with E-state index in [4.69, 9.17) is 4.74 Å². The summed E-state index contributed by atoms with van der Waals surface area (Å²) in [6, 6.07) is 5.55. The van der Waals surface area contributed by atoms with E-state index in [-0.39, 0.29) is 42.9 Å². The molecule has 6 nitrogen and oxygen atoms in total. The zero-order valence-electron chi connectivity index (χ0n) is 12.8. The minimum atomic E-state index is -0.263. The average Bonchev–Trinajstić information content (AvgIpc) is 2.44. The van der Waals surface area contributed by atoms with Crippen molar-refractivity contribution >= 4 is 36.5 Å². The van der Waals surface area contributed by atoms with Crippen LogP contribution >= 0.6 is 24.8 Å². The predicted octanol–water partition coefficient (Wildman–Crippen LogP) is 1.14. The van der Waals surface area contributed by atoms with Crippen molar-refractivity contribution in [2.24, 2.45) is 0 Å². The number of carbonyl (C=O) groups is 1. The Kier molecular flexibility index (Phi) is 10.1. The van der Waals surface area contributed by atoms with Crippen molar-refractivity contribution in [1.82, 2.24) is 15.6 Å². The first-order valence-corrected chi connectivity index (χ1v) is 6.97. The van der Waals surface area contributed by atoms with Gasteiger partial charge in [0.2, 0.25) is 5.91 Å². The van der Waals surface area contributed by atoms with Crippen molar-refractivity contribution in [3.05, 3.63) is 23.9 Å². The lowest BCUT2D eigenvalue weighted by Gasteiger charge is -2.29. The largest absolute Gasteiger partial charge is 0.375 e. The third kappa shape index (κ3) is 6.36. The van der Waals surface area contributed by atoms with Gasteiger partial charge in [-0.3, -0.25) is 4.79 Å². The number of carbonyl (C=O) groups excluding carboxylic acids is 1. The molecule has 0 aromatic carbocycles. The van der Waals surface area contributed by atoms with Gasteiger partial charge in [0, 0.05) is 25.3 Å². The second-order valence-corrected chi connectivity index (χ2v) is 4.89. The summed E-state index contributed by atoms with van der Waals surface area (Å²) in [4.78, 5) is 16.3. The molecule has 0 radical (unpaired) electrons. The van der Waals surface area contributed by atoms with E-state index in [1.165, 1.54) is 0 Å². The maximum absolute atomic E-state index is 12.0. The summed E-state index contributed by atoms with van der Waals surface area (Å²) < 4.78 is 5.45. The van der Waals surface area contributed by atoms with Gasteiger partial charge in [-0.15, -0.1) is 24.8 Å². The lowest BCUT2D eigenvalue weighted by atomic mass is 10.1. The second-order valence-electron chi connectivity index (χ2n) is 4.89. The standard InChI is InChI=1S/C14H22N4O2.2ClH/c1-10-4-3-5-12(18-10)15-6-7-17-14(19)13-11(2)20-9-8-16-13;;/h3-5,11,13,16H,6-9H2,1-2H3,(H,15,18)(H,17,19);2*1H/t11-,13+;;/m1../s1. The van der Waals surface area contributed by atoms with Crippen LogP contribution in [0.15, 0.2) is 18.2 Å². The van der Waals surface area contributed by atoms with Crippen molar-refractivity contribution < 1.29 is 9.53 Å². The molecular formula is C14H24Cl2N4O2. The number of ether oxygens (including phenoxy) is 1. The van der Waals surface area contributed by atoms with Crippen molar-refractivity contribution in [2.75, 3.05) is 31.6 Å². The molecular weight excluding hydrogens is 327 g/mol. The van der Waals surface area contributed by atoms with Gasteiger partial charge < -0.3 is 20.7 Å². The third-order valence-electron chi connectivity index (χ3n) is 3.22. The number of halogens is 2. The summed E-state index contributed by atoms with van der Waals surface area (Å²) in [6.45, 7) is 6.43. The van der Waals surface area contributed by atoms with Crippen LogP contribution in [-0.2, 0) is 9.53 Å². The number of hydrogen-bond donors (Lipinski definition) is 3. The highest BCUT2D eigenvalue weighted by Gasteiger charge is 2.27. The molecule has 1 aromatic rings. The highest BCUT2D eigenvalue weighted by Crippen LogP contribution is 2.04. The van der Waals surface area contributed by atoms with Gasteiger partial charge in [0.15, 0.2) is 0 Å². The first-order valence-electron chi connectivity index (χ1n) is 6.97. The monoisotopic (exact) mass is 350 g/mol. The van der Waals surface area contributed by atoms with E-state index >= 15 is 0 Å². The second kappa shape index (κ2) is 10.6. The minimum absolute atomic E-state index is 0. The number of rotatable bonds is 5. The Labute approximate surface area is 143 Å². The van der Waals surface area contributed by atoms with Crippen molar-refractivity contribution in [3.8, 4) is 0 Å². The molecule has 2 atom stereocenters. The van der Waals surface area contributed by atoms with E-state index < -0.39 is 0 Å². The van der Waals surface area contributed by atoms with Gasteiger partial charge in [-0.05, 0) is 26.0 Å². The van der Waals surface area contributed by atoms with Crippen molar-refractivity contribution in [1.29, 1.82) is 0 Å². The van der Waals surface area contributed by atoms with Crippen LogP contribution in [0.25, 0.3) is 0 Å². The Morgan fingerprint density at radius 1 is 1.41 bits per heavy atom. The van der Waals surface area contributed by atoms with Crippen LogP contribution in [0.5, 0.6) is 0 Å². The predicted molar refractivity (Wildman–Crippen MR) is 92.2 cm³/mol. The normalized spacial score (nSPS) is 20.3. The Balaban J connectivity index is 0.00000220. The van der Waals surface area contributed by atoms with Gasteiger partial charge in [-0.25, -0.2) is 4.98 Å². The molecule has 1 fully saturated rings. The van der Waals surface area contributed by atoms with Gasteiger partial charge in [0.05, 0.1) is 12.7 Å². The molecule has 1 aliphatic rings. The van der Waals surface area contributed by atoms with Crippen LogP contribution in [0, 0.1) is 6.92 Å². The zero-order valence-corrected chi connectivity index (χ0v) is 14.4. The topological polar surface area (TPSA) is 75.3 Å². The van der Waals surface area contributed by atoms with Crippen LogP contribution in [0.2, 0.25) is 0 Å². The SMILES string of the molecule is Cc1cccc(NCCNC(=O)[C@H]2NCCO[C@@H]2C)n1.Cl.Cl. The van der Waals surface area contributed by atoms with Crippen LogP contribution in [-0.4, -0.2) is 49.3 Å². The summed E-state index contributed by atoms with van der Waals surface area (Å²) in [5, 5.41) is 9.24.